The Morgan fingerprint density at radius 3 is 2.45 bits per heavy atom. The molecule has 1 aliphatic rings. The average molecular weight is 305 g/mol. The van der Waals surface area contributed by atoms with Gasteiger partial charge in [0.25, 0.3) is 0 Å². The van der Waals surface area contributed by atoms with Crippen LogP contribution in [0.25, 0.3) is 0 Å². The van der Waals surface area contributed by atoms with Gasteiger partial charge in [-0.05, 0) is 24.7 Å². The Bertz CT molecular complexity index is 457. The monoisotopic (exact) mass is 305 g/mol. The molecule has 1 aliphatic heterocycles. The lowest BCUT2D eigenvalue weighted by Gasteiger charge is -2.16. The second-order valence-electron chi connectivity index (χ2n) is 5.94. The predicted octanol–water partition coefficient (Wildman–Crippen LogP) is 0.674. The van der Waals surface area contributed by atoms with Crippen LogP contribution in [0.3, 0.4) is 0 Å². The molecule has 0 radical (unpaired) electrons. The minimum absolute atomic E-state index is 0.0643. The highest BCUT2D eigenvalue weighted by molar-refractivity contribution is 7.91. The van der Waals surface area contributed by atoms with Gasteiger partial charge in [0.1, 0.15) is 0 Å². The summed E-state index contributed by atoms with van der Waals surface area (Å²) in [6.45, 7) is 3.97. The van der Waals surface area contributed by atoms with Gasteiger partial charge in [-0.1, -0.05) is 13.8 Å². The SMILES string of the molecule is CC(C)CC(CNC(=O)CC1CCS(=O)(=O)C1)C(=O)O. The second-order valence-corrected chi connectivity index (χ2v) is 8.17. The van der Waals surface area contributed by atoms with E-state index in [-0.39, 0.29) is 42.2 Å². The van der Waals surface area contributed by atoms with Crippen LogP contribution in [0.2, 0.25) is 0 Å². The lowest BCUT2D eigenvalue weighted by Crippen LogP contribution is -2.34. The number of carbonyl (C=O) groups excluding carboxylic acids is 1. The van der Waals surface area contributed by atoms with Gasteiger partial charge in [-0.2, -0.15) is 0 Å². The summed E-state index contributed by atoms with van der Waals surface area (Å²) in [7, 11) is -2.98. The van der Waals surface area contributed by atoms with Gasteiger partial charge in [-0.25, -0.2) is 8.42 Å². The van der Waals surface area contributed by atoms with Crippen LogP contribution in [0, 0.1) is 17.8 Å². The van der Waals surface area contributed by atoms with Crippen LogP contribution in [-0.4, -0.2) is 43.5 Å². The highest BCUT2D eigenvalue weighted by atomic mass is 32.2. The Morgan fingerprint density at radius 1 is 1.35 bits per heavy atom. The summed E-state index contributed by atoms with van der Waals surface area (Å²) in [6, 6.07) is 0. The Morgan fingerprint density at radius 2 is 2.00 bits per heavy atom. The van der Waals surface area contributed by atoms with Crippen molar-refractivity contribution in [1.82, 2.24) is 5.32 Å². The Kier molecular flexibility index (Phi) is 5.98. The van der Waals surface area contributed by atoms with E-state index >= 15 is 0 Å². The van der Waals surface area contributed by atoms with Crippen molar-refractivity contribution in [3.8, 4) is 0 Å². The fraction of sp³-hybridized carbons (Fsp3) is 0.846. The third-order valence-electron chi connectivity index (χ3n) is 3.45. The number of carboxylic acid groups (broad SMARTS) is 1. The van der Waals surface area contributed by atoms with Gasteiger partial charge in [0.05, 0.1) is 17.4 Å². The molecule has 1 amide bonds. The van der Waals surface area contributed by atoms with Crippen molar-refractivity contribution < 1.29 is 23.1 Å². The Balaban J connectivity index is 2.37. The third kappa shape index (κ3) is 5.90. The van der Waals surface area contributed by atoms with Crippen LogP contribution >= 0.6 is 0 Å². The lowest BCUT2D eigenvalue weighted by atomic mass is 9.97. The van der Waals surface area contributed by atoms with E-state index < -0.39 is 21.7 Å². The smallest absolute Gasteiger partial charge is 0.308 e. The quantitative estimate of drug-likeness (QED) is 0.720. The summed E-state index contributed by atoms with van der Waals surface area (Å²) in [6.07, 6.45) is 1.19. The number of sulfone groups is 1. The molecule has 1 fully saturated rings. The lowest BCUT2D eigenvalue weighted by molar-refractivity contribution is -0.142. The molecule has 2 N–H and O–H groups in total. The largest absolute Gasteiger partial charge is 0.481 e. The molecular weight excluding hydrogens is 282 g/mol. The average Bonchev–Trinajstić information content (AvgIpc) is 2.63. The molecule has 7 heteroatoms. The maximum atomic E-state index is 11.7. The number of rotatable bonds is 7. The number of hydrogen-bond donors (Lipinski definition) is 2. The first kappa shape index (κ1) is 16.9. The van der Waals surface area contributed by atoms with Crippen molar-refractivity contribution in [2.24, 2.45) is 17.8 Å². The van der Waals surface area contributed by atoms with E-state index in [1.54, 1.807) is 0 Å². The van der Waals surface area contributed by atoms with Gasteiger partial charge in [0.15, 0.2) is 9.84 Å². The molecule has 0 saturated carbocycles. The molecule has 6 nitrogen and oxygen atoms in total. The number of aliphatic carboxylic acids is 1. The van der Waals surface area contributed by atoms with Gasteiger partial charge in [0.2, 0.25) is 5.91 Å². The number of amides is 1. The maximum Gasteiger partial charge on any atom is 0.308 e. The van der Waals surface area contributed by atoms with E-state index in [0.717, 1.165) is 0 Å². The van der Waals surface area contributed by atoms with Crippen molar-refractivity contribution in [1.29, 1.82) is 0 Å². The fourth-order valence-electron chi connectivity index (χ4n) is 2.44. The second kappa shape index (κ2) is 7.06. The van der Waals surface area contributed by atoms with Gasteiger partial charge in [-0.15, -0.1) is 0 Å². The van der Waals surface area contributed by atoms with Crippen LogP contribution < -0.4 is 5.32 Å². The summed E-state index contributed by atoms with van der Waals surface area (Å²) < 4.78 is 22.6. The van der Waals surface area contributed by atoms with Crippen molar-refractivity contribution in [2.45, 2.75) is 33.1 Å². The van der Waals surface area contributed by atoms with E-state index in [4.69, 9.17) is 5.11 Å². The summed E-state index contributed by atoms with van der Waals surface area (Å²) in [4.78, 5) is 22.8. The van der Waals surface area contributed by atoms with Crippen LogP contribution in [0.4, 0.5) is 0 Å². The van der Waals surface area contributed by atoms with Gasteiger partial charge in [0, 0.05) is 13.0 Å². The zero-order chi connectivity index (χ0) is 15.3. The van der Waals surface area contributed by atoms with Crippen molar-refractivity contribution in [2.75, 3.05) is 18.1 Å². The number of carboxylic acids is 1. The molecule has 116 valence electrons. The molecule has 0 bridgehead atoms. The van der Waals surface area contributed by atoms with Gasteiger partial charge < -0.3 is 10.4 Å². The van der Waals surface area contributed by atoms with Crippen LogP contribution in [0.15, 0.2) is 0 Å². The Labute approximate surface area is 119 Å². The fourth-order valence-corrected chi connectivity index (χ4v) is 4.31. The molecule has 0 aromatic carbocycles. The summed E-state index contributed by atoms with van der Waals surface area (Å²) in [5, 5.41) is 11.7. The van der Waals surface area contributed by atoms with Gasteiger partial charge >= 0.3 is 5.97 Å². The van der Waals surface area contributed by atoms with Crippen LogP contribution in [-0.2, 0) is 19.4 Å². The molecule has 1 heterocycles. The van der Waals surface area contributed by atoms with E-state index in [1.165, 1.54) is 0 Å². The minimum Gasteiger partial charge on any atom is -0.481 e. The molecule has 0 aromatic rings. The third-order valence-corrected chi connectivity index (χ3v) is 5.29. The minimum atomic E-state index is -2.98. The first-order chi connectivity index (χ1) is 9.19. The molecule has 20 heavy (non-hydrogen) atoms. The summed E-state index contributed by atoms with van der Waals surface area (Å²) in [5.74, 6) is -1.44. The molecule has 0 spiro atoms. The summed E-state index contributed by atoms with van der Waals surface area (Å²) >= 11 is 0. The molecular formula is C13H23NO5S. The Hall–Kier alpha value is -1.11. The van der Waals surface area contributed by atoms with E-state index in [1.807, 2.05) is 13.8 Å². The van der Waals surface area contributed by atoms with E-state index in [0.29, 0.717) is 12.8 Å². The number of nitrogens with one attached hydrogen (secondary N) is 1. The van der Waals surface area contributed by atoms with Crippen LogP contribution in [0.5, 0.6) is 0 Å². The number of carbonyl (C=O) groups is 2. The predicted molar refractivity (Wildman–Crippen MR) is 75.0 cm³/mol. The highest BCUT2D eigenvalue weighted by Crippen LogP contribution is 2.21. The topological polar surface area (TPSA) is 101 Å². The number of hydrogen-bond acceptors (Lipinski definition) is 4. The van der Waals surface area contributed by atoms with Crippen molar-refractivity contribution in [3.63, 3.8) is 0 Å². The van der Waals surface area contributed by atoms with E-state index in [9.17, 15) is 18.0 Å². The highest BCUT2D eigenvalue weighted by Gasteiger charge is 2.29. The van der Waals surface area contributed by atoms with Gasteiger partial charge in [-0.3, -0.25) is 9.59 Å². The first-order valence-electron chi connectivity index (χ1n) is 6.89. The first-order valence-corrected chi connectivity index (χ1v) is 8.71. The molecule has 0 aromatic heterocycles. The molecule has 2 unspecified atom stereocenters. The van der Waals surface area contributed by atoms with Crippen molar-refractivity contribution >= 4 is 21.7 Å². The van der Waals surface area contributed by atoms with Crippen LogP contribution in [0.1, 0.15) is 33.1 Å². The van der Waals surface area contributed by atoms with Crippen molar-refractivity contribution in [3.05, 3.63) is 0 Å². The zero-order valence-electron chi connectivity index (χ0n) is 12.0. The molecule has 1 saturated heterocycles. The summed E-state index contributed by atoms with van der Waals surface area (Å²) in [5.41, 5.74) is 0. The standard InChI is InChI=1S/C13H23NO5S/c1-9(2)5-11(13(16)17)7-14-12(15)6-10-3-4-20(18,19)8-10/h9-11H,3-8H2,1-2H3,(H,14,15)(H,16,17). The molecule has 0 aliphatic carbocycles. The molecule has 2 atom stereocenters. The molecule has 1 rings (SSSR count). The normalized spacial score (nSPS) is 22.6. The zero-order valence-corrected chi connectivity index (χ0v) is 12.8. The maximum absolute atomic E-state index is 11.7. The van der Waals surface area contributed by atoms with E-state index in [2.05, 4.69) is 5.32 Å².